The molecule has 0 spiro atoms. The average molecular weight is 345 g/mol. The molecule has 3 rings (SSSR count). The highest BCUT2D eigenvalue weighted by atomic mass is 16.5. The number of esters is 1. The van der Waals surface area contributed by atoms with E-state index in [1.807, 2.05) is 60.7 Å². The first-order valence-corrected chi connectivity index (χ1v) is 8.25. The Hall–Kier alpha value is -3.40. The summed E-state index contributed by atoms with van der Waals surface area (Å²) in [5.41, 5.74) is 0.0873. The lowest BCUT2D eigenvalue weighted by atomic mass is 9.83. The summed E-state index contributed by atoms with van der Waals surface area (Å²) in [6.07, 6.45) is 4.65. The number of nitrogens with zero attached hydrogens (tertiary/aromatic N) is 1. The van der Waals surface area contributed by atoms with Crippen LogP contribution in [0, 0.1) is 0 Å². The molecule has 0 saturated carbocycles. The molecule has 4 heteroatoms. The van der Waals surface area contributed by atoms with Crippen molar-refractivity contribution in [1.29, 1.82) is 0 Å². The smallest absolute Gasteiger partial charge is 0.343 e. The Balaban J connectivity index is 2.19. The van der Waals surface area contributed by atoms with Crippen molar-refractivity contribution >= 4 is 12.2 Å². The minimum absolute atomic E-state index is 0.108. The zero-order valence-electron chi connectivity index (χ0n) is 14.2. The molecule has 0 N–H and O–H groups in total. The molecule has 1 aromatic heterocycles. The molecule has 130 valence electrons. The van der Waals surface area contributed by atoms with Crippen LogP contribution in [0.15, 0.2) is 101 Å². The predicted molar refractivity (Wildman–Crippen MR) is 101 cm³/mol. The third-order valence-electron chi connectivity index (χ3n) is 3.94. The Morgan fingerprint density at radius 2 is 1.62 bits per heavy atom. The molecule has 0 fully saturated rings. The number of ether oxygens (including phenoxy) is 1. The summed E-state index contributed by atoms with van der Waals surface area (Å²) in [6, 6.07) is 22.3. The monoisotopic (exact) mass is 345 g/mol. The van der Waals surface area contributed by atoms with E-state index < -0.39 is 11.5 Å². The molecule has 4 nitrogen and oxygen atoms in total. The Morgan fingerprint density at radius 3 is 2.12 bits per heavy atom. The maximum atomic E-state index is 13.2. The number of hydrogen-bond acceptors (Lipinski definition) is 4. The first-order valence-electron chi connectivity index (χ1n) is 8.25. The quantitative estimate of drug-likeness (QED) is 0.363. The van der Waals surface area contributed by atoms with Crippen LogP contribution in [0.5, 0.6) is 0 Å². The summed E-state index contributed by atoms with van der Waals surface area (Å²) < 4.78 is 10.8. The topological polar surface area (TPSA) is 51.8 Å². The van der Waals surface area contributed by atoms with Crippen molar-refractivity contribution in [3.8, 4) is 0 Å². The number of rotatable bonds is 7. The van der Waals surface area contributed by atoms with Gasteiger partial charge in [0.15, 0.2) is 0 Å². The maximum absolute atomic E-state index is 13.2. The van der Waals surface area contributed by atoms with Crippen molar-refractivity contribution in [2.75, 3.05) is 6.61 Å². The maximum Gasteiger partial charge on any atom is 0.343 e. The van der Waals surface area contributed by atoms with Crippen molar-refractivity contribution in [3.63, 3.8) is 0 Å². The van der Waals surface area contributed by atoms with Crippen LogP contribution in [0.2, 0.25) is 0 Å². The SMILES string of the molecule is C=CCOC(=O)C(N=Cc1ccco1)(c1ccccc1)c1ccccc1. The van der Waals surface area contributed by atoms with E-state index in [-0.39, 0.29) is 6.61 Å². The fourth-order valence-corrected chi connectivity index (χ4v) is 2.73. The number of carbonyl (C=O) groups is 1. The number of carbonyl (C=O) groups excluding carboxylic acids is 1. The first-order chi connectivity index (χ1) is 12.8. The Morgan fingerprint density at radius 1 is 1.00 bits per heavy atom. The second kappa shape index (κ2) is 8.12. The fraction of sp³-hybridized carbons (Fsp3) is 0.0909. The molecule has 0 saturated heterocycles. The van der Waals surface area contributed by atoms with Crippen molar-refractivity contribution < 1.29 is 13.9 Å². The van der Waals surface area contributed by atoms with Gasteiger partial charge in [0.2, 0.25) is 5.54 Å². The van der Waals surface area contributed by atoms with E-state index in [1.165, 1.54) is 6.08 Å². The van der Waals surface area contributed by atoms with Crippen LogP contribution in [0.4, 0.5) is 0 Å². The van der Waals surface area contributed by atoms with Gasteiger partial charge in [-0.05, 0) is 23.3 Å². The van der Waals surface area contributed by atoms with Gasteiger partial charge in [0.1, 0.15) is 12.4 Å². The lowest BCUT2D eigenvalue weighted by Crippen LogP contribution is -2.37. The van der Waals surface area contributed by atoms with E-state index >= 15 is 0 Å². The second-order valence-electron chi connectivity index (χ2n) is 5.60. The summed E-state index contributed by atoms with van der Waals surface area (Å²) in [6.45, 7) is 3.72. The highest BCUT2D eigenvalue weighted by Gasteiger charge is 2.43. The molecule has 0 amide bonds. The summed E-state index contributed by atoms with van der Waals surface area (Å²) in [4.78, 5) is 17.8. The average Bonchev–Trinajstić information content (AvgIpc) is 3.22. The third-order valence-corrected chi connectivity index (χ3v) is 3.94. The van der Waals surface area contributed by atoms with Crippen LogP contribution in [-0.2, 0) is 15.1 Å². The van der Waals surface area contributed by atoms with E-state index in [2.05, 4.69) is 11.6 Å². The molecule has 0 aliphatic heterocycles. The van der Waals surface area contributed by atoms with Gasteiger partial charge in [-0.1, -0.05) is 73.3 Å². The van der Waals surface area contributed by atoms with Gasteiger partial charge in [0, 0.05) is 0 Å². The third kappa shape index (κ3) is 3.49. The van der Waals surface area contributed by atoms with E-state index in [0.717, 1.165) is 0 Å². The van der Waals surface area contributed by atoms with E-state index in [9.17, 15) is 4.79 Å². The molecule has 3 aromatic rings. The van der Waals surface area contributed by atoms with Gasteiger partial charge < -0.3 is 9.15 Å². The summed E-state index contributed by atoms with van der Waals surface area (Å²) in [5, 5.41) is 0. The molecular formula is C22H19NO3. The van der Waals surface area contributed by atoms with Crippen LogP contribution in [-0.4, -0.2) is 18.8 Å². The van der Waals surface area contributed by atoms with E-state index in [0.29, 0.717) is 16.9 Å². The summed E-state index contributed by atoms with van der Waals surface area (Å²) in [5.74, 6) is 0.0790. The minimum atomic E-state index is -1.34. The molecule has 1 heterocycles. The Bertz CT molecular complexity index is 829. The van der Waals surface area contributed by atoms with Gasteiger partial charge in [-0.15, -0.1) is 0 Å². The largest absolute Gasteiger partial charge is 0.463 e. The van der Waals surface area contributed by atoms with Crippen LogP contribution < -0.4 is 0 Å². The zero-order chi connectivity index (χ0) is 18.2. The normalized spacial score (nSPS) is 11.4. The van der Waals surface area contributed by atoms with E-state index in [4.69, 9.17) is 9.15 Å². The van der Waals surface area contributed by atoms with Crippen LogP contribution in [0.1, 0.15) is 16.9 Å². The second-order valence-corrected chi connectivity index (χ2v) is 5.60. The van der Waals surface area contributed by atoms with Gasteiger partial charge in [0.25, 0.3) is 0 Å². The number of benzene rings is 2. The Labute approximate surface area is 152 Å². The number of furan rings is 1. The van der Waals surface area contributed by atoms with Crippen LogP contribution in [0.3, 0.4) is 0 Å². The van der Waals surface area contributed by atoms with Gasteiger partial charge in [-0.3, -0.25) is 4.99 Å². The zero-order valence-corrected chi connectivity index (χ0v) is 14.2. The van der Waals surface area contributed by atoms with Gasteiger partial charge in [0.05, 0.1) is 12.5 Å². The lowest BCUT2D eigenvalue weighted by Gasteiger charge is -2.28. The molecule has 2 aromatic carbocycles. The molecule has 26 heavy (non-hydrogen) atoms. The van der Waals surface area contributed by atoms with Gasteiger partial charge >= 0.3 is 5.97 Å². The summed E-state index contributed by atoms with van der Waals surface area (Å²) in [7, 11) is 0. The fourth-order valence-electron chi connectivity index (χ4n) is 2.73. The number of aliphatic imine (C=N–C) groups is 1. The van der Waals surface area contributed by atoms with Gasteiger partial charge in [-0.25, -0.2) is 4.79 Å². The van der Waals surface area contributed by atoms with Crippen molar-refractivity contribution in [1.82, 2.24) is 0 Å². The van der Waals surface area contributed by atoms with Crippen molar-refractivity contribution in [2.45, 2.75) is 5.54 Å². The highest BCUT2D eigenvalue weighted by Crippen LogP contribution is 2.35. The molecule has 0 unspecified atom stereocenters. The van der Waals surface area contributed by atoms with E-state index in [1.54, 1.807) is 24.6 Å². The van der Waals surface area contributed by atoms with Crippen molar-refractivity contribution in [3.05, 3.63) is 109 Å². The molecular weight excluding hydrogens is 326 g/mol. The molecule has 0 radical (unpaired) electrons. The predicted octanol–water partition coefficient (Wildman–Crippen LogP) is 4.37. The number of hydrogen-bond donors (Lipinski definition) is 0. The molecule has 0 aliphatic rings. The van der Waals surface area contributed by atoms with Crippen LogP contribution in [0.25, 0.3) is 0 Å². The standard InChI is InChI=1S/C22H19NO3/c1-2-15-26-21(24)22(18-10-5-3-6-11-18,19-12-7-4-8-13-19)23-17-20-14-9-16-25-20/h2-14,16-17H,1,15H2. The first kappa shape index (κ1) is 17.4. The van der Waals surface area contributed by atoms with Crippen LogP contribution >= 0.6 is 0 Å². The minimum Gasteiger partial charge on any atom is -0.463 e. The molecule has 0 bridgehead atoms. The summed E-state index contributed by atoms with van der Waals surface area (Å²) >= 11 is 0. The highest BCUT2D eigenvalue weighted by molar-refractivity contribution is 5.90. The van der Waals surface area contributed by atoms with Gasteiger partial charge in [-0.2, -0.15) is 0 Å². The Kier molecular flexibility index (Phi) is 5.44. The molecule has 0 atom stereocenters. The molecule has 0 aliphatic carbocycles. The lowest BCUT2D eigenvalue weighted by molar-refractivity contribution is -0.147. The van der Waals surface area contributed by atoms with Crippen molar-refractivity contribution in [2.24, 2.45) is 4.99 Å².